The van der Waals surface area contributed by atoms with E-state index in [1.54, 1.807) is 9.80 Å². The highest BCUT2D eigenvalue weighted by Crippen LogP contribution is 2.28. The highest BCUT2D eigenvalue weighted by atomic mass is 16.2. The second-order valence-electron chi connectivity index (χ2n) is 10.8. The number of nitrogens with zero attached hydrogens (tertiary/aromatic N) is 2. The van der Waals surface area contributed by atoms with Gasteiger partial charge in [-0.2, -0.15) is 0 Å². The van der Waals surface area contributed by atoms with E-state index in [9.17, 15) is 14.4 Å². The molecule has 160 valence electrons. The van der Waals surface area contributed by atoms with Crippen molar-refractivity contribution in [2.75, 3.05) is 19.6 Å². The Morgan fingerprint density at radius 2 is 1.43 bits per heavy atom. The molecule has 0 bridgehead atoms. The highest BCUT2D eigenvalue weighted by molar-refractivity contribution is 5.93. The Kier molecular flexibility index (Phi) is 7.16. The lowest BCUT2D eigenvalue weighted by atomic mass is 9.91. The number of nitrogens with one attached hydrogen (secondary N) is 1. The lowest BCUT2D eigenvalue weighted by molar-refractivity contribution is -0.147. The summed E-state index contributed by atoms with van der Waals surface area (Å²) in [7, 11) is 0. The molecule has 2 rings (SSSR count). The van der Waals surface area contributed by atoms with Gasteiger partial charge in [-0.3, -0.25) is 14.4 Å². The second kappa shape index (κ2) is 8.83. The minimum absolute atomic E-state index is 0.0479. The molecular formula is C22H39N3O3. The Labute approximate surface area is 170 Å². The third-order valence-electron chi connectivity index (χ3n) is 5.55. The molecule has 0 radical (unpaired) electrons. The van der Waals surface area contributed by atoms with Crippen molar-refractivity contribution in [1.82, 2.24) is 15.1 Å². The fraction of sp³-hybridized carbons (Fsp3) is 0.864. The van der Waals surface area contributed by atoms with Crippen LogP contribution in [0.5, 0.6) is 0 Å². The number of carbonyl (C=O) groups is 3. The number of hydrogen-bond acceptors (Lipinski definition) is 3. The quantitative estimate of drug-likeness (QED) is 0.781. The smallest absolute Gasteiger partial charge is 0.246 e. The summed E-state index contributed by atoms with van der Waals surface area (Å²) in [5.74, 6) is -0.0531. The lowest BCUT2D eigenvalue weighted by Gasteiger charge is -2.32. The Morgan fingerprint density at radius 1 is 0.857 bits per heavy atom. The minimum Gasteiger partial charge on any atom is -0.354 e. The molecule has 2 heterocycles. The van der Waals surface area contributed by atoms with Crippen molar-refractivity contribution >= 4 is 17.7 Å². The van der Waals surface area contributed by atoms with E-state index in [-0.39, 0.29) is 28.6 Å². The molecule has 2 atom stereocenters. The Hall–Kier alpha value is -1.59. The van der Waals surface area contributed by atoms with Crippen molar-refractivity contribution in [2.24, 2.45) is 10.8 Å². The van der Waals surface area contributed by atoms with Crippen LogP contribution in [0.15, 0.2) is 0 Å². The van der Waals surface area contributed by atoms with Crippen LogP contribution >= 0.6 is 0 Å². The van der Waals surface area contributed by atoms with Crippen LogP contribution < -0.4 is 5.32 Å². The Bertz CT molecular complexity index is 589. The molecule has 2 aliphatic rings. The van der Waals surface area contributed by atoms with Gasteiger partial charge in [0.05, 0.1) is 0 Å². The van der Waals surface area contributed by atoms with E-state index >= 15 is 0 Å². The summed E-state index contributed by atoms with van der Waals surface area (Å²) >= 11 is 0. The van der Waals surface area contributed by atoms with E-state index in [4.69, 9.17) is 0 Å². The minimum atomic E-state index is -0.405. The fourth-order valence-corrected chi connectivity index (χ4v) is 4.05. The molecule has 0 unspecified atom stereocenters. The number of hydrogen-bond donors (Lipinski definition) is 1. The molecule has 2 fully saturated rings. The highest BCUT2D eigenvalue weighted by Gasteiger charge is 2.42. The van der Waals surface area contributed by atoms with Crippen LogP contribution in [0.2, 0.25) is 0 Å². The summed E-state index contributed by atoms with van der Waals surface area (Å²) in [4.78, 5) is 42.1. The SMILES string of the molecule is CC(C)(C)CCNC(=O)[C@@H]1CCCN1C(=O)[C@@H]1CCCN1C(=O)CC(C)(C)C. The molecule has 28 heavy (non-hydrogen) atoms. The molecule has 6 nitrogen and oxygen atoms in total. The van der Waals surface area contributed by atoms with E-state index in [0.717, 1.165) is 19.3 Å². The monoisotopic (exact) mass is 393 g/mol. The van der Waals surface area contributed by atoms with Crippen LogP contribution in [0, 0.1) is 10.8 Å². The summed E-state index contributed by atoms with van der Waals surface area (Å²) in [6.07, 6.45) is 4.43. The maximum absolute atomic E-state index is 13.2. The maximum Gasteiger partial charge on any atom is 0.246 e. The summed E-state index contributed by atoms with van der Waals surface area (Å²) in [6.45, 7) is 14.4. The first kappa shape index (κ1) is 22.7. The van der Waals surface area contributed by atoms with Crippen LogP contribution in [0.3, 0.4) is 0 Å². The van der Waals surface area contributed by atoms with Gasteiger partial charge in [0.25, 0.3) is 0 Å². The standard InChI is InChI=1S/C22H39N3O3/c1-21(2,3)11-12-23-19(27)16-9-7-14-25(16)20(28)17-10-8-13-24(17)18(26)15-22(4,5)6/h16-17H,7-15H2,1-6H3,(H,23,27)/t16-,17-/m0/s1. The van der Waals surface area contributed by atoms with Gasteiger partial charge in [-0.1, -0.05) is 41.5 Å². The number of likely N-dealkylation sites (tertiary alicyclic amines) is 2. The molecule has 0 saturated carbocycles. The van der Waals surface area contributed by atoms with Crippen molar-refractivity contribution in [3.8, 4) is 0 Å². The van der Waals surface area contributed by atoms with Gasteiger partial charge in [0.1, 0.15) is 12.1 Å². The van der Waals surface area contributed by atoms with Crippen molar-refractivity contribution in [3.63, 3.8) is 0 Å². The van der Waals surface area contributed by atoms with E-state index in [1.165, 1.54) is 0 Å². The topological polar surface area (TPSA) is 69.7 Å². The lowest BCUT2D eigenvalue weighted by Crippen LogP contribution is -2.53. The van der Waals surface area contributed by atoms with Crippen molar-refractivity contribution < 1.29 is 14.4 Å². The summed E-state index contributed by atoms with van der Waals surface area (Å²) < 4.78 is 0. The molecule has 2 saturated heterocycles. The molecule has 0 aliphatic carbocycles. The van der Waals surface area contributed by atoms with E-state index in [2.05, 4.69) is 26.1 Å². The zero-order valence-electron chi connectivity index (χ0n) is 18.6. The summed E-state index contributed by atoms with van der Waals surface area (Å²) in [6, 6.07) is -0.800. The predicted molar refractivity (Wildman–Crippen MR) is 111 cm³/mol. The third kappa shape index (κ3) is 6.21. The molecule has 0 aromatic heterocycles. The first-order chi connectivity index (χ1) is 12.9. The van der Waals surface area contributed by atoms with Crippen LogP contribution in [0.25, 0.3) is 0 Å². The second-order valence-corrected chi connectivity index (χ2v) is 10.8. The van der Waals surface area contributed by atoms with Crippen LogP contribution in [0.4, 0.5) is 0 Å². The van der Waals surface area contributed by atoms with Crippen LogP contribution in [0.1, 0.15) is 80.1 Å². The largest absolute Gasteiger partial charge is 0.354 e. The first-order valence-corrected chi connectivity index (χ1v) is 10.8. The Balaban J connectivity index is 1.99. The van der Waals surface area contributed by atoms with Crippen molar-refractivity contribution in [1.29, 1.82) is 0 Å². The van der Waals surface area contributed by atoms with Gasteiger partial charge >= 0.3 is 0 Å². The van der Waals surface area contributed by atoms with Gasteiger partial charge in [0, 0.05) is 26.1 Å². The third-order valence-corrected chi connectivity index (χ3v) is 5.55. The van der Waals surface area contributed by atoms with Crippen molar-refractivity contribution in [2.45, 2.75) is 92.2 Å². The zero-order chi connectivity index (χ0) is 21.1. The number of rotatable bonds is 5. The molecular weight excluding hydrogens is 354 g/mol. The maximum atomic E-state index is 13.2. The van der Waals surface area contributed by atoms with Gasteiger partial charge in [0.2, 0.25) is 17.7 Å². The van der Waals surface area contributed by atoms with Crippen molar-refractivity contribution in [3.05, 3.63) is 0 Å². The molecule has 0 spiro atoms. The van der Waals surface area contributed by atoms with Gasteiger partial charge < -0.3 is 15.1 Å². The summed E-state index contributed by atoms with van der Waals surface area (Å²) in [5.41, 5.74) is 0.0621. The van der Waals surface area contributed by atoms with Gasteiger partial charge in [-0.15, -0.1) is 0 Å². The molecule has 0 aromatic rings. The van der Waals surface area contributed by atoms with Gasteiger partial charge in [0.15, 0.2) is 0 Å². The first-order valence-electron chi connectivity index (χ1n) is 10.8. The van der Waals surface area contributed by atoms with Gasteiger partial charge in [-0.25, -0.2) is 0 Å². The molecule has 1 N–H and O–H groups in total. The Morgan fingerprint density at radius 3 is 2.00 bits per heavy atom. The molecule has 3 amide bonds. The van der Waals surface area contributed by atoms with E-state index in [1.807, 2.05) is 20.8 Å². The van der Waals surface area contributed by atoms with Crippen LogP contribution in [-0.4, -0.2) is 59.2 Å². The molecule has 0 aromatic carbocycles. The molecule has 2 aliphatic heterocycles. The predicted octanol–water partition coefficient (Wildman–Crippen LogP) is 2.96. The zero-order valence-corrected chi connectivity index (χ0v) is 18.6. The number of amides is 3. The normalized spacial score (nSPS) is 23.2. The van der Waals surface area contributed by atoms with Crippen LogP contribution in [-0.2, 0) is 14.4 Å². The van der Waals surface area contributed by atoms with E-state index in [0.29, 0.717) is 38.9 Å². The average molecular weight is 394 g/mol. The molecule has 6 heteroatoms. The number of carbonyl (C=O) groups excluding carboxylic acids is 3. The summed E-state index contributed by atoms with van der Waals surface area (Å²) in [5, 5.41) is 3.01. The van der Waals surface area contributed by atoms with Gasteiger partial charge in [-0.05, 0) is 42.9 Å². The fourth-order valence-electron chi connectivity index (χ4n) is 4.05. The average Bonchev–Trinajstić information content (AvgIpc) is 3.20. The van der Waals surface area contributed by atoms with E-state index < -0.39 is 12.1 Å².